The number of benzene rings is 1. The lowest BCUT2D eigenvalue weighted by Gasteiger charge is -2.09. The quantitative estimate of drug-likeness (QED) is 0.899. The van der Waals surface area contributed by atoms with Crippen molar-refractivity contribution in [3.05, 3.63) is 43.8 Å². The average Bonchev–Trinajstić information content (AvgIpc) is 2.89. The second-order valence-corrected chi connectivity index (χ2v) is 5.49. The number of rotatable bonds is 3. The Morgan fingerprint density at radius 1 is 1.35 bits per heavy atom. The molecule has 8 heteroatoms. The Bertz CT molecular complexity index is 700. The molecule has 1 aromatic heterocycles. The molecular weight excluding hydrogens is 323 g/mol. The molecular formula is C12H8Cl2N2O3S. The lowest BCUT2D eigenvalue weighted by atomic mass is 10.2. The van der Waals surface area contributed by atoms with Crippen molar-refractivity contribution in [2.24, 2.45) is 0 Å². The largest absolute Gasteiger partial charge is 0.476 e. The summed E-state index contributed by atoms with van der Waals surface area (Å²) in [5, 5.41) is 13.2. The molecule has 5 nitrogen and oxygen atoms in total. The van der Waals surface area contributed by atoms with Crippen LogP contribution in [0.15, 0.2) is 17.5 Å². The molecule has 1 aromatic carbocycles. The van der Waals surface area contributed by atoms with Gasteiger partial charge in [-0.05, 0) is 18.6 Å². The van der Waals surface area contributed by atoms with Crippen molar-refractivity contribution >= 4 is 52.1 Å². The van der Waals surface area contributed by atoms with Gasteiger partial charge < -0.3 is 10.4 Å². The van der Waals surface area contributed by atoms with Gasteiger partial charge in [0.2, 0.25) is 0 Å². The zero-order valence-corrected chi connectivity index (χ0v) is 12.4. The van der Waals surface area contributed by atoms with Crippen LogP contribution < -0.4 is 5.32 Å². The van der Waals surface area contributed by atoms with Gasteiger partial charge in [0, 0.05) is 5.38 Å². The number of hydrogen-bond donors (Lipinski definition) is 2. The molecule has 2 N–H and O–H groups in total. The summed E-state index contributed by atoms with van der Waals surface area (Å²) >= 11 is 13.0. The van der Waals surface area contributed by atoms with Crippen LogP contribution in [0.5, 0.6) is 0 Å². The number of hydrogen-bond acceptors (Lipinski definition) is 4. The molecule has 0 atom stereocenters. The van der Waals surface area contributed by atoms with Crippen molar-refractivity contribution < 1.29 is 14.7 Å². The summed E-state index contributed by atoms with van der Waals surface area (Å²) in [6.45, 7) is 1.78. The van der Waals surface area contributed by atoms with Crippen molar-refractivity contribution in [3.8, 4) is 0 Å². The number of carboxylic acid groups (broad SMARTS) is 1. The fourth-order valence-corrected chi connectivity index (χ4v) is 2.57. The van der Waals surface area contributed by atoms with Crippen LogP contribution >= 0.6 is 34.5 Å². The number of nitrogens with zero attached hydrogens (tertiary/aromatic N) is 1. The highest BCUT2D eigenvalue weighted by Crippen LogP contribution is 2.33. The first-order chi connectivity index (χ1) is 9.40. The normalized spacial score (nSPS) is 10.3. The molecule has 0 aliphatic carbocycles. The number of amides is 1. The van der Waals surface area contributed by atoms with Crippen LogP contribution in [0.25, 0.3) is 0 Å². The number of carbonyl (C=O) groups is 2. The van der Waals surface area contributed by atoms with E-state index in [1.54, 1.807) is 19.1 Å². The average molecular weight is 331 g/mol. The minimum atomic E-state index is -1.19. The number of nitrogens with one attached hydrogen (secondary N) is 1. The highest BCUT2D eigenvalue weighted by Gasteiger charge is 2.17. The van der Waals surface area contributed by atoms with Gasteiger partial charge in [-0.25, -0.2) is 9.78 Å². The van der Waals surface area contributed by atoms with Crippen LogP contribution in [-0.4, -0.2) is 22.0 Å². The summed E-state index contributed by atoms with van der Waals surface area (Å²) in [5.41, 5.74) is 0.865. The Hall–Kier alpha value is -1.63. The van der Waals surface area contributed by atoms with Gasteiger partial charge in [-0.15, -0.1) is 11.3 Å². The Morgan fingerprint density at radius 3 is 2.65 bits per heavy atom. The first-order valence-corrected chi connectivity index (χ1v) is 6.98. The molecule has 0 radical (unpaired) electrons. The molecule has 0 saturated carbocycles. The molecule has 0 fully saturated rings. The predicted octanol–water partition coefficient (Wildman–Crippen LogP) is 3.71. The minimum absolute atomic E-state index is 0.0241. The van der Waals surface area contributed by atoms with Crippen LogP contribution in [0.1, 0.15) is 25.9 Å². The summed E-state index contributed by atoms with van der Waals surface area (Å²) < 4.78 is 0. The molecule has 2 rings (SSSR count). The minimum Gasteiger partial charge on any atom is -0.476 e. The molecule has 0 aliphatic heterocycles. The first kappa shape index (κ1) is 14.8. The fraction of sp³-hybridized carbons (Fsp3) is 0.0833. The topological polar surface area (TPSA) is 79.3 Å². The third-order valence-electron chi connectivity index (χ3n) is 2.44. The number of aromatic nitrogens is 1. The van der Waals surface area contributed by atoms with Gasteiger partial charge in [0.1, 0.15) is 0 Å². The fourth-order valence-electron chi connectivity index (χ4n) is 1.41. The zero-order valence-electron chi connectivity index (χ0n) is 10.1. The van der Waals surface area contributed by atoms with Gasteiger partial charge in [-0.3, -0.25) is 4.79 Å². The lowest BCUT2D eigenvalue weighted by Crippen LogP contribution is -2.13. The second kappa shape index (κ2) is 5.78. The third-order valence-corrected chi connectivity index (χ3v) is 4.08. The van der Waals surface area contributed by atoms with E-state index < -0.39 is 11.9 Å². The molecule has 1 amide bonds. The van der Waals surface area contributed by atoms with Crippen LogP contribution in [0.2, 0.25) is 10.0 Å². The van der Waals surface area contributed by atoms with E-state index in [1.165, 1.54) is 5.38 Å². The summed E-state index contributed by atoms with van der Waals surface area (Å²) in [5.74, 6) is -1.75. The molecule has 20 heavy (non-hydrogen) atoms. The standard InChI is InChI=1S/C12H8Cl2N2O3S/c1-5-2-3-6(13)9(8(5)14)16-10(17)11-15-7(4-20-11)12(18)19/h2-4H,1H3,(H,16,17)(H,18,19). The molecule has 0 saturated heterocycles. The van der Waals surface area contributed by atoms with E-state index in [4.69, 9.17) is 28.3 Å². The lowest BCUT2D eigenvalue weighted by molar-refractivity contribution is 0.0691. The van der Waals surface area contributed by atoms with E-state index in [-0.39, 0.29) is 16.4 Å². The zero-order chi connectivity index (χ0) is 14.9. The van der Waals surface area contributed by atoms with Gasteiger partial charge in [0.15, 0.2) is 10.7 Å². The number of carbonyl (C=O) groups excluding carboxylic acids is 1. The van der Waals surface area contributed by atoms with E-state index in [0.717, 1.165) is 16.9 Å². The Kier molecular flexibility index (Phi) is 4.27. The second-order valence-electron chi connectivity index (χ2n) is 3.85. The number of carboxylic acids is 1. The molecule has 0 unspecified atom stereocenters. The monoisotopic (exact) mass is 330 g/mol. The number of thiazole rings is 1. The number of halogens is 2. The highest BCUT2D eigenvalue weighted by atomic mass is 35.5. The highest BCUT2D eigenvalue weighted by molar-refractivity contribution is 7.12. The van der Waals surface area contributed by atoms with Crippen molar-refractivity contribution in [2.75, 3.05) is 5.32 Å². The maximum absolute atomic E-state index is 12.0. The maximum atomic E-state index is 12.0. The smallest absolute Gasteiger partial charge is 0.355 e. The summed E-state index contributed by atoms with van der Waals surface area (Å²) in [6.07, 6.45) is 0. The van der Waals surface area contributed by atoms with Crippen molar-refractivity contribution in [1.29, 1.82) is 0 Å². The third kappa shape index (κ3) is 2.92. The number of aryl methyl sites for hydroxylation is 1. The van der Waals surface area contributed by atoms with E-state index >= 15 is 0 Å². The van der Waals surface area contributed by atoms with Gasteiger partial charge in [0.05, 0.1) is 15.7 Å². The molecule has 0 bridgehead atoms. The molecule has 0 spiro atoms. The van der Waals surface area contributed by atoms with Crippen LogP contribution in [0.4, 0.5) is 5.69 Å². The van der Waals surface area contributed by atoms with E-state index in [0.29, 0.717) is 10.0 Å². The molecule has 1 heterocycles. The van der Waals surface area contributed by atoms with Gasteiger partial charge in [-0.1, -0.05) is 29.3 Å². The summed E-state index contributed by atoms with van der Waals surface area (Å²) in [4.78, 5) is 26.4. The van der Waals surface area contributed by atoms with Crippen molar-refractivity contribution in [1.82, 2.24) is 4.98 Å². The number of anilines is 1. The Balaban J connectivity index is 2.28. The van der Waals surface area contributed by atoms with Crippen LogP contribution in [-0.2, 0) is 0 Å². The molecule has 0 aliphatic rings. The van der Waals surface area contributed by atoms with Crippen molar-refractivity contribution in [2.45, 2.75) is 6.92 Å². The first-order valence-electron chi connectivity index (χ1n) is 5.35. The Morgan fingerprint density at radius 2 is 2.05 bits per heavy atom. The summed E-state index contributed by atoms with van der Waals surface area (Å²) in [6, 6.07) is 3.34. The van der Waals surface area contributed by atoms with Crippen LogP contribution in [0, 0.1) is 6.92 Å². The number of aromatic carboxylic acids is 1. The molecule has 2 aromatic rings. The van der Waals surface area contributed by atoms with E-state index in [1.807, 2.05) is 0 Å². The molecule has 104 valence electrons. The Labute approximate surface area is 128 Å². The van der Waals surface area contributed by atoms with Crippen molar-refractivity contribution in [3.63, 3.8) is 0 Å². The van der Waals surface area contributed by atoms with Gasteiger partial charge in [-0.2, -0.15) is 0 Å². The summed E-state index contributed by atoms with van der Waals surface area (Å²) in [7, 11) is 0. The predicted molar refractivity (Wildman–Crippen MR) is 78.2 cm³/mol. The van der Waals surface area contributed by atoms with E-state index in [9.17, 15) is 9.59 Å². The van der Waals surface area contributed by atoms with Gasteiger partial charge >= 0.3 is 5.97 Å². The van der Waals surface area contributed by atoms with Crippen LogP contribution in [0.3, 0.4) is 0 Å². The maximum Gasteiger partial charge on any atom is 0.355 e. The van der Waals surface area contributed by atoms with E-state index in [2.05, 4.69) is 10.3 Å². The van der Waals surface area contributed by atoms with Gasteiger partial charge in [0.25, 0.3) is 5.91 Å². The SMILES string of the molecule is Cc1ccc(Cl)c(NC(=O)c2nc(C(=O)O)cs2)c1Cl.